The molecule has 1 saturated heterocycles. The highest BCUT2D eigenvalue weighted by atomic mass is 16.6. The first-order valence-corrected chi connectivity index (χ1v) is 7.38. The molecule has 6 heteroatoms. The van der Waals surface area contributed by atoms with Crippen molar-refractivity contribution in [3.05, 3.63) is 41.6 Å². The first kappa shape index (κ1) is 15.0. The van der Waals surface area contributed by atoms with Gasteiger partial charge in [-0.15, -0.1) is 10.2 Å². The number of rotatable bonds is 6. The normalized spacial score (nSPS) is 21.2. The van der Waals surface area contributed by atoms with Gasteiger partial charge in [0.15, 0.2) is 5.60 Å². The standard InChI is InChI=1S/C16H20N2O4/c1-12-5-3-4-6-13(12)21-9-7-14-17-18-15(22-14)16(19-2)8-10-20-11-16/h3-6H,7-11H2,1-2H3. The minimum atomic E-state index is -0.595. The summed E-state index contributed by atoms with van der Waals surface area (Å²) >= 11 is 0. The molecular formula is C16H20N2O4. The first-order chi connectivity index (χ1) is 10.7. The molecule has 0 aliphatic carbocycles. The van der Waals surface area contributed by atoms with Crippen molar-refractivity contribution < 1.29 is 18.6 Å². The Morgan fingerprint density at radius 1 is 1.27 bits per heavy atom. The average molecular weight is 304 g/mol. The number of ether oxygens (including phenoxy) is 3. The number of benzene rings is 1. The number of para-hydroxylation sites is 1. The SMILES string of the molecule is COC1(c2nnc(CCOc3ccccc3C)o2)CCOC1. The quantitative estimate of drug-likeness (QED) is 0.815. The van der Waals surface area contributed by atoms with Crippen LogP contribution in [0.25, 0.3) is 0 Å². The molecule has 1 aromatic heterocycles. The number of methoxy groups -OCH3 is 1. The average Bonchev–Trinajstić information content (AvgIpc) is 3.19. The van der Waals surface area contributed by atoms with Crippen LogP contribution in [0.1, 0.15) is 23.8 Å². The second kappa shape index (κ2) is 6.46. The lowest BCUT2D eigenvalue weighted by molar-refractivity contribution is -0.0417. The van der Waals surface area contributed by atoms with Crippen molar-refractivity contribution in [2.24, 2.45) is 0 Å². The molecule has 0 N–H and O–H groups in total. The van der Waals surface area contributed by atoms with Gasteiger partial charge in [0.1, 0.15) is 5.75 Å². The molecule has 2 aromatic rings. The van der Waals surface area contributed by atoms with Crippen molar-refractivity contribution in [3.63, 3.8) is 0 Å². The highest BCUT2D eigenvalue weighted by Crippen LogP contribution is 2.32. The number of aromatic nitrogens is 2. The molecule has 0 saturated carbocycles. The topological polar surface area (TPSA) is 66.6 Å². The molecule has 1 aliphatic heterocycles. The van der Waals surface area contributed by atoms with Crippen molar-refractivity contribution >= 4 is 0 Å². The molecule has 0 amide bonds. The Bertz CT molecular complexity index is 620. The Morgan fingerprint density at radius 3 is 2.86 bits per heavy atom. The van der Waals surface area contributed by atoms with Crippen LogP contribution in [0.3, 0.4) is 0 Å². The highest BCUT2D eigenvalue weighted by Gasteiger charge is 2.42. The molecule has 118 valence electrons. The van der Waals surface area contributed by atoms with E-state index in [0.29, 0.717) is 38.0 Å². The molecule has 1 atom stereocenters. The summed E-state index contributed by atoms with van der Waals surface area (Å²) in [4.78, 5) is 0. The Balaban J connectivity index is 1.59. The van der Waals surface area contributed by atoms with E-state index in [1.165, 1.54) is 0 Å². The zero-order valence-corrected chi connectivity index (χ0v) is 12.9. The van der Waals surface area contributed by atoms with Gasteiger partial charge in [-0.1, -0.05) is 18.2 Å². The number of aryl methyl sites for hydroxylation is 1. The van der Waals surface area contributed by atoms with Crippen LogP contribution in [0.4, 0.5) is 0 Å². The lowest BCUT2D eigenvalue weighted by Gasteiger charge is -2.20. The Labute approximate surface area is 129 Å². The summed E-state index contributed by atoms with van der Waals surface area (Å²) in [6.45, 7) is 3.60. The van der Waals surface area contributed by atoms with E-state index in [1.807, 2.05) is 31.2 Å². The molecule has 6 nitrogen and oxygen atoms in total. The molecule has 3 rings (SSSR count). The molecule has 1 aromatic carbocycles. The van der Waals surface area contributed by atoms with Gasteiger partial charge in [-0.2, -0.15) is 0 Å². The van der Waals surface area contributed by atoms with Gasteiger partial charge < -0.3 is 18.6 Å². The summed E-state index contributed by atoms with van der Waals surface area (Å²) in [6.07, 6.45) is 1.28. The van der Waals surface area contributed by atoms with Gasteiger partial charge >= 0.3 is 0 Å². The van der Waals surface area contributed by atoms with Crippen LogP contribution in [0.5, 0.6) is 5.75 Å². The molecule has 1 fully saturated rings. The molecule has 22 heavy (non-hydrogen) atoms. The van der Waals surface area contributed by atoms with Gasteiger partial charge in [0.2, 0.25) is 5.89 Å². The van der Waals surface area contributed by atoms with Crippen LogP contribution < -0.4 is 4.74 Å². The van der Waals surface area contributed by atoms with Crippen LogP contribution in [0.2, 0.25) is 0 Å². The predicted octanol–water partition coefficient (Wildman–Crippen LogP) is 2.26. The van der Waals surface area contributed by atoms with Crippen molar-refractivity contribution in [1.82, 2.24) is 10.2 Å². The lowest BCUT2D eigenvalue weighted by Crippen LogP contribution is -2.29. The van der Waals surface area contributed by atoms with E-state index < -0.39 is 5.60 Å². The lowest BCUT2D eigenvalue weighted by atomic mass is 10.0. The fourth-order valence-corrected chi connectivity index (χ4v) is 2.47. The fourth-order valence-electron chi connectivity index (χ4n) is 2.47. The van der Waals surface area contributed by atoms with Crippen molar-refractivity contribution in [3.8, 4) is 5.75 Å². The summed E-state index contributed by atoms with van der Waals surface area (Å²) in [6, 6.07) is 7.91. The maximum atomic E-state index is 5.74. The van der Waals surface area contributed by atoms with Crippen LogP contribution in [0.15, 0.2) is 28.7 Å². The number of hydrogen-bond acceptors (Lipinski definition) is 6. The third kappa shape index (κ3) is 2.98. The van der Waals surface area contributed by atoms with Gasteiger partial charge in [0, 0.05) is 13.5 Å². The van der Waals surface area contributed by atoms with Crippen LogP contribution in [-0.2, 0) is 21.5 Å². The van der Waals surface area contributed by atoms with Gasteiger partial charge in [0.05, 0.1) is 26.2 Å². The minimum Gasteiger partial charge on any atom is -0.493 e. The highest BCUT2D eigenvalue weighted by molar-refractivity contribution is 5.31. The first-order valence-electron chi connectivity index (χ1n) is 7.38. The summed E-state index contributed by atoms with van der Waals surface area (Å²) in [5.74, 6) is 1.91. The zero-order valence-electron chi connectivity index (χ0n) is 12.9. The number of nitrogens with zero attached hydrogens (tertiary/aromatic N) is 2. The third-order valence-corrected chi connectivity index (χ3v) is 3.90. The summed E-state index contributed by atoms with van der Waals surface area (Å²) in [5, 5.41) is 8.18. The van der Waals surface area contributed by atoms with E-state index in [-0.39, 0.29) is 0 Å². The smallest absolute Gasteiger partial charge is 0.250 e. The van der Waals surface area contributed by atoms with Crippen molar-refractivity contribution in [2.45, 2.75) is 25.4 Å². The van der Waals surface area contributed by atoms with Gasteiger partial charge in [-0.25, -0.2) is 0 Å². The molecule has 0 spiro atoms. The maximum Gasteiger partial charge on any atom is 0.250 e. The molecule has 0 bridgehead atoms. The molecule has 0 radical (unpaired) electrons. The maximum absolute atomic E-state index is 5.74. The predicted molar refractivity (Wildman–Crippen MR) is 78.8 cm³/mol. The van der Waals surface area contributed by atoms with E-state index in [9.17, 15) is 0 Å². The van der Waals surface area contributed by atoms with Crippen LogP contribution in [0, 0.1) is 6.92 Å². The van der Waals surface area contributed by atoms with Crippen LogP contribution in [-0.4, -0.2) is 37.1 Å². The zero-order chi connectivity index (χ0) is 15.4. The van der Waals surface area contributed by atoms with E-state index in [0.717, 1.165) is 17.7 Å². The molecule has 1 unspecified atom stereocenters. The van der Waals surface area contributed by atoms with E-state index in [2.05, 4.69) is 10.2 Å². The van der Waals surface area contributed by atoms with E-state index in [4.69, 9.17) is 18.6 Å². The summed E-state index contributed by atoms with van der Waals surface area (Å²) in [7, 11) is 1.64. The Morgan fingerprint density at radius 2 is 2.14 bits per heavy atom. The fraction of sp³-hybridized carbons (Fsp3) is 0.500. The second-order valence-electron chi connectivity index (χ2n) is 5.37. The molecule has 2 heterocycles. The number of hydrogen-bond donors (Lipinski definition) is 0. The monoisotopic (exact) mass is 304 g/mol. The third-order valence-electron chi connectivity index (χ3n) is 3.90. The minimum absolute atomic E-state index is 0.449. The van der Waals surface area contributed by atoms with E-state index in [1.54, 1.807) is 7.11 Å². The summed E-state index contributed by atoms with van der Waals surface area (Å²) < 4.78 is 22.4. The molecule has 1 aliphatic rings. The second-order valence-corrected chi connectivity index (χ2v) is 5.37. The van der Waals surface area contributed by atoms with Gasteiger partial charge in [0.25, 0.3) is 5.89 Å². The van der Waals surface area contributed by atoms with Gasteiger partial charge in [-0.05, 0) is 18.6 Å². The summed E-state index contributed by atoms with van der Waals surface area (Å²) in [5.41, 5.74) is 0.512. The van der Waals surface area contributed by atoms with E-state index >= 15 is 0 Å². The van der Waals surface area contributed by atoms with Gasteiger partial charge in [-0.3, -0.25) is 0 Å². The van der Waals surface area contributed by atoms with Crippen molar-refractivity contribution in [2.75, 3.05) is 26.9 Å². The van der Waals surface area contributed by atoms with Crippen molar-refractivity contribution in [1.29, 1.82) is 0 Å². The largest absolute Gasteiger partial charge is 0.493 e. The Hall–Kier alpha value is -1.92. The van der Waals surface area contributed by atoms with Crippen LogP contribution >= 0.6 is 0 Å². The molecular weight excluding hydrogens is 284 g/mol. The Kier molecular flexibility index (Phi) is 4.40.